The molecule has 0 aromatic carbocycles. The Morgan fingerprint density at radius 2 is 1.81 bits per heavy atom. The fraction of sp³-hybridized carbons (Fsp3) is 1.00. The van der Waals surface area contributed by atoms with Crippen LogP contribution >= 0.6 is 0 Å². The molecule has 0 bridgehead atoms. The molecule has 2 aliphatic heterocycles. The Morgan fingerprint density at radius 1 is 1.14 bits per heavy atom. The lowest BCUT2D eigenvalue weighted by atomic mass is 9.82. The Hall–Kier alpha value is -0.160. The van der Waals surface area contributed by atoms with E-state index in [2.05, 4.69) is 63.8 Å². The molecule has 2 aliphatic rings. The molecule has 2 fully saturated rings. The maximum absolute atomic E-state index is 6.38. The lowest BCUT2D eigenvalue weighted by Crippen LogP contribution is -2.51. The highest BCUT2D eigenvalue weighted by Crippen LogP contribution is 2.42. The molecule has 3 atom stereocenters. The van der Waals surface area contributed by atoms with Crippen molar-refractivity contribution < 1.29 is 4.74 Å². The second-order valence-corrected chi connectivity index (χ2v) is 8.14. The lowest BCUT2D eigenvalue weighted by Gasteiger charge is -2.36. The highest BCUT2D eigenvalue weighted by Gasteiger charge is 2.53. The van der Waals surface area contributed by atoms with Gasteiger partial charge in [0.25, 0.3) is 0 Å². The van der Waals surface area contributed by atoms with Gasteiger partial charge < -0.3 is 15.0 Å². The molecule has 124 valence electrons. The van der Waals surface area contributed by atoms with E-state index in [9.17, 15) is 0 Å². The van der Waals surface area contributed by atoms with Crippen LogP contribution in [0.4, 0.5) is 0 Å². The van der Waals surface area contributed by atoms with Crippen molar-refractivity contribution in [3.8, 4) is 0 Å². The van der Waals surface area contributed by atoms with Crippen molar-refractivity contribution in [1.29, 1.82) is 0 Å². The van der Waals surface area contributed by atoms with Gasteiger partial charge in [-0.1, -0.05) is 0 Å². The number of hydrogen-bond donors (Lipinski definition) is 1. The van der Waals surface area contributed by atoms with Crippen LogP contribution < -0.4 is 5.32 Å². The van der Waals surface area contributed by atoms with E-state index in [1.807, 2.05) is 0 Å². The number of likely N-dealkylation sites (N-methyl/N-ethyl adjacent to an activating group) is 2. The average Bonchev–Trinajstić information content (AvgIpc) is 2.44. The van der Waals surface area contributed by atoms with Crippen LogP contribution in [-0.2, 0) is 4.74 Å². The molecular weight excluding hydrogens is 262 g/mol. The van der Waals surface area contributed by atoms with Crippen LogP contribution in [0.25, 0.3) is 0 Å². The first kappa shape index (κ1) is 17.2. The molecule has 0 saturated carbocycles. The van der Waals surface area contributed by atoms with Crippen LogP contribution in [0.15, 0.2) is 0 Å². The van der Waals surface area contributed by atoms with E-state index in [1.165, 1.54) is 26.1 Å². The normalized spacial score (nSPS) is 37.6. The first-order valence-electron chi connectivity index (χ1n) is 8.47. The van der Waals surface area contributed by atoms with Crippen LogP contribution in [0.5, 0.6) is 0 Å². The summed E-state index contributed by atoms with van der Waals surface area (Å²) in [6, 6.07) is 1.02. The van der Waals surface area contributed by atoms with Gasteiger partial charge in [-0.15, -0.1) is 0 Å². The summed E-state index contributed by atoms with van der Waals surface area (Å²) in [6.45, 7) is 16.0. The van der Waals surface area contributed by atoms with Gasteiger partial charge in [-0.25, -0.2) is 0 Å². The SMILES string of the molecule is CNC1C(CN2CCCN(C)CC2C)C(C)(C)OC1(C)C. The number of ether oxygens (including phenoxy) is 1. The van der Waals surface area contributed by atoms with Crippen molar-refractivity contribution >= 4 is 0 Å². The molecule has 0 spiro atoms. The van der Waals surface area contributed by atoms with E-state index in [4.69, 9.17) is 4.74 Å². The summed E-state index contributed by atoms with van der Waals surface area (Å²) in [5.74, 6) is 0.517. The van der Waals surface area contributed by atoms with E-state index in [-0.39, 0.29) is 11.2 Å². The maximum Gasteiger partial charge on any atom is 0.0790 e. The Balaban J connectivity index is 2.12. The summed E-state index contributed by atoms with van der Waals surface area (Å²) < 4.78 is 6.38. The highest BCUT2D eigenvalue weighted by molar-refractivity contribution is 5.06. The standard InChI is InChI=1S/C17H35N3O/c1-13-11-19(7)9-8-10-20(13)12-14-15(18-6)17(4,5)21-16(14,2)3/h13-15,18H,8-12H2,1-7H3. The largest absolute Gasteiger partial charge is 0.368 e. The second kappa shape index (κ2) is 6.15. The predicted molar refractivity (Wildman–Crippen MR) is 88.7 cm³/mol. The summed E-state index contributed by atoms with van der Waals surface area (Å²) in [4.78, 5) is 5.13. The van der Waals surface area contributed by atoms with Gasteiger partial charge in [0.15, 0.2) is 0 Å². The average molecular weight is 297 g/mol. The van der Waals surface area contributed by atoms with Crippen LogP contribution in [0.3, 0.4) is 0 Å². The van der Waals surface area contributed by atoms with E-state index >= 15 is 0 Å². The van der Waals surface area contributed by atoms with Gasteiger partial charge in [-0.3, -0.25) is 4.90 Å². The van der Waals surface area contributed by atoms with Crippen molar-refractivity contribution in [2.45, 2.75) is 64.3 Å². The minimum atomic E-state index is -0.102. The molecule has 2 rings (SSSR count). The number of hydrogen-bond acceptors (Lipinski definition) is 4. The Labute approximate surface area is 131 Å². The minimum Gasteiger partial charge on any atom is -0.368 e. The van der Waals surface area contributed by atoms with Crippen molar-refractivity contribution in [3.05, 3.63) is 0 Å². The second-order valence-electron chi connectivity index (χ2n) is 8.14. The zero-order valence-electron chi connectivity index (χ0n) is 15.1. The fourth-order valence-corrected chi connectivity index (χ4v) is 4.52. The summed E-state index contributed by atoms with van der Waals surface area (Å²) >= 11 is 0. The molecule has 0 aromatic rings. The molecule has 0 aliphatic carbocycles. The van der Waals surface area contributed by atoms with Crippen molar-refractivity contribution in [2.24, 2.45) is 5.92 Å². The topological polar surface area (TPSA) is 27.7 Å². The van der Waals surface area contributed by atoms with E-state index in [0.717, 1.165) is 6.54 Å². The quantitative estimate of drug-likeness (QED) is 0.860. The van der Waals surface area contributed by atoms with Gasteiger partial charge in [-0.05, 0) is 68.2 Å². The summed E-state index contributed by atoms with van der Waals surface area (Å²) in [6.07, 6.45) is 1.27. The zero-order valence-corrected chi connectivity index (χ0v) is 15.1. The minimum absolute atomic E-state index is 0.0743. The van der Waals surface area contributed by atoms with E-state index < -0.39 is 0 Å². The number of nitrogens with one attached hydrogen (secondary N) is 1. The fourth-order valence-electron chi connectivity index (χ4n) is 4.52. The van der Waals surface area contributed by atoms with Crippen LogP contribution in [0.2, 0.25) is 0 Å². The summed E-state index contributed by atoms with van der Waals surface area (Å²) in [7, 11) is 4.31. The molecule has 0 aromatic heterocycles. The lowest BCUT2D eigenvalue weighted by molar-refractivity contribution is -0.0799. The Morgan fingerprint density at radius 3 is 2.43 bits per heavy atom. The van der Waals surface area contributed by atoms with Gasteiger partial charge in [0, 0.05) is 31.1 Å². The molecule has 0 amide bonds. The first-order chi connectivity index (χ1) is 9.67. The molecule has 21 heavy (non-hydrogen) atoms. The van der Waals surface area contributed by atoms with Gasteiger partial charge in [0.1, 0.15) is 0 Å². The van der Waals surface area contributed by atoms with Crippen molar-refractivity contribution in [2.75, 3.05) is 40.3 Å². The molecule has 3 unspecified atom stereocenters. The molecule has 2 saturated heterocycles. The van der Waals surface area contributed by atoms with Crippen LogP contribution in [0.1, 0.15) is 41.0 Å². The zero-order chi connectivity index (χ0) is 15.8. The molecule has 4 heteroatoms. The first-order valence-corrected chi connectivity index (χ1v) is 8.47. The maximum atomic E-state index is 6.38. The molecular formula is C17H35N3O. The smallest absolute Gasteiger partial charge is 0.0790 e. The Kier molecular flexibility index (Phi) is 5.04. The third kappa shape index (κ3) is 3.61. The highest BCUT2D eigenvalue weighted by atomic mass is 16.5. The third-order valence-electron chi connectivity index (χ3n) is 5.50. The predicted octanol–water partition coefficient (Wildman–Crippen LogP) is 1.80. The van der Waals surface area contributed by atoms with E-state index in [1.54, 1.807) is 0 Å². The number of rotatable bonds is 3. The molecule has 4 nitrogen and oxygen atoms in total. The molecule has 2 heterocycles. The van der Waals surface area contributed by atoms with Gasteiger partial charge in [0.2, 0.25) is 0 Å². The summed E-state index contributed by atoms with van der Waals surface area (Å²) in [5, 5.41) is 3.53. The van der Waals surface area contributed by atoms with Gasteiger partial charge >= 0.3 is 0 Å². The van der Waals surface area contributed by atoms with Gasteiger partial charge in [0.05, 0.1) is 11.2 Å². The van der Waals surface area contributed by atoms with Gasteiger partial charge in [-0.2, -0.15) is 0 Å². The van der Waals surface area contributed by atoms with Crippen molar-refractivity contribution in [3.63, 3.8) is 0 Å². The van der Waals surface area contributed by atoms with Crippen molar-refractivity contribution in [1.82, 2.24) is 15.1 Å². The Bertz CT molecular complexity index is 356. The van der Waals surface area contributed by atoms with E-state index in [0.29, 0.717) is 18.0 Å². The van der Waals surface area contributed by atoms with Crippen LogP contribution in [0, 0.1) is 5.92 Å². The molecule has 1 N–H and O–H groups in total. The monoisotopic (exact) mass is 297 g/mol. The third-order valence-corrected chi connectivity index (χ3v) is 5.50. The number of nitrogens with zero attached hydrogens (tertiary/aromatic N) is 2. The van der Waals surface area contributed by atoms with Crippen LogP contribution in [-0.4, -0.2) is 73.4 Å². The summed E-state index contributed by atoms with van der Waals surface area (Å²) in [5.41, 5.74) is -0.177. The molecule has 0 radical (unpaired) electrons.